The standard InChI is InChI=1S/C16H24N2O4/c1-8(2)7-12(16(21)22-6)18-15(20)14-9(3)13(11(5)19)10(4)17-14/h8,12,17H,7H2,1-6H3,(H,18,20)/t12-/m0/s1. The predicted octanol–water partition coefficient (Wildman–Crippen LogP) is 2.15. The van der Waals surface area contributed by atoms with E-state index in [1.54, 1.807) is 13.8 Å². The summed E-state index contributed by atoms with van der Waals surface area (Å²) in [7, 11) is 1.29. The molecule has 0 fully saturated rings. The van der Waals surface area contributed by atoms with Crippen molar-refractivity contribution in [1.29, 1.82) is 0 Å². The molecule has 0 saturated carbocycles. The van der Waals surface area contributed by atoms with Crippen molar-refractivity contribution >= 4 is 17.7 Å². The number of amides is 1. The SMILES string of the molecule is COC(=O)[C@H](CC(C)C)NC(=O)c1[nH]c(C)c(C(C)=O)c1C. The van der Waals surface area contributed by atoms with Gasteiger partial charge in [-0.15, -0.1) is 0 Å². The maximum Gasteiger partial charge on any atom is 0.328 e. The fraction of sp³-hybridized carbons (Fsp3) is 0.562. The van der Waals surface area contributed by atoms with Gasteiger partial charge in [0.15, 0.2) is 5.78 Å². The lowest BCUT2D eigenvalue weighted by Gasteiger charge is -2.18. The molecule has 0 saturated heterocycles. The van der Waals surface area contributed by atoms with Crippen molar-refractivity contribution in [2.45, 2.75) is 47.1 Å². The number of H-pyrrole nitrogens is 1. The van der Waals surface area contributed by atoms with Crippen LogP contribution in [0.4, 0.5) is 0 Å². The van der Waals surface area contributed by atoms with Crippen molar-refractivity contribution in [3.63, 3.8) is 0 Å². The maximum absolute atomic E-state index is 12.4. The lowest BCUT2D eigenvalue weighted by molar-refractivity contribution is -0.143. The van der Waals surface area contributed by atoms with Crippen LogP contribution in [-0.4, -0.2) is 35.8 Å². The van der Waals surface area contributed by atoms with Gasteiger partial charge < -0.3 is 15.0 Å². The summed E-state index contributed by atoms with van der Waals surface area (Å²) in [5.41, 5.74) is 2.06. The summed E-state index contributed by atoms with van der Waals surface area (Å²) in [5, 5.41) is 2.68. The van der Waals surface area contributed by atoms with Gasteiger partial charge in [-0.25, -0.2) is 4.79 Å². The summed E-state index contributed by atoms with van der Waals surface area (Å²) in [6.07, 6.45) is 0.483. The zero-order valence-corrected chi connectivity index (χ0v) is 14.0. The summed E-state index contributed by atoms with van der Waals surface area (Å²) < 4.78 is 4.73. The van der Waals surface area contributed by atoms with Gasteiger partial charge in [0, 0.05) is 11.3 Å². The number of aromatic amines is 1. The van der Waals surface area contributed by atoms with Gasteiger partial charge in [-0.3, -0.25) is 9.59 Å². The monoisotopic (exact) mass is 308 g/mol. The number of aromatic nitrogens is 1. The largest absolute Gasteiger partial charge is 0.467 e. The first-order valence-electron chi connectivity index (χ1n) is 7.27. The topological polar surface area (TPSA) is 88.3 Å². The molecule has 0 aliphatic heterocycles. The third kappa shape index (κ3) is 3.96. The number of hydrogen-bond acceptors (Lipinski definition) is 4. The van der Waals surface area contributed by atoms with Gasteiger partial charge in [-0.1, -0.05) is 13.8 Å². The maximum atomic E-state index is 12.4. The molecule has 6 heteroatoms. The van der Waals surface area contributed by atoms with Crippen LogP contribution >= 0.6 is 0 Å². The van der Waals surface area contributed by atoms with Crippen molar-refractivity contribution in [3.05, 3.63) is 22.5 Å². The first kappa shape index (κ1) is 17.9. The molecule has 1 heterocycles. The second-order valence-electron chi connectivity index (χ2n) is 5.86. The van der Waals surface area contributed by atoms with Crippen LogP contribution in [-0.2, 0) is 9.53 Å². The number of rotatable bonds is 6. The Balaban J connectivity index is 3.02. The van der Waals surface area contributed by atoms with E-state index in [1.165, 1.54) is 14.0 Å². The molecule has 2 N–H and O–H groups in total. The summed E-state index contributed by atoms with van der Waals surface area (Å²) in [6, 6.07) is -0.707. The highest BCUT2D eigenvalue weighted by Gasteiger charge is 2.26. The Morgan fingerprint density at radius 2 is 1.82 bits per heavy atom. The van der Waals surface area contributed by atoms with Crippen LogP contribution in [0.25, 0.3) is 0 Å². The normalized spacial score (nSPS) is 12.1. The number of methoxy groups -OCH3 is 1. The molecule has 1 amide bonds. The minimum absolute atomic E-state index is 0.100. The highest BCUT2D eigenvalue weighted by atomic mass is 16.5. The van der Waals surface area contributed by atoms with Crippen LogP contribution in [0.2, 0.25) is 0 Å². The second-order valence-corrected chi connectivity index (χ2v) is 5.86. The minimum Gasteiger partial charge on any atom is -0.467 e. The molecular formula is C16H24N2O4. The summed E-state index contributed by atoms with van der Waals surface area (Å²) >= 11 is 0. The number of ketones is 1. The molecule has 1 aromatic rings. The van der Waals surface area contributed by atoms with Crippen molar-refractivity contribution in [1.82, 2.24) is 10.3 Å². The average molecular weight is 308 g/mol. The Morgan fingerprint density at radius 1 is 1.23 bits per heavy atom. The third-order valence-electron chi connectivity index (χ3n) is 3.51. The predicted molar refractivity (Wildman–Crippen MR) is 83.0 cm³/mol. The first-order chi connectivity index (χ1) is 10.2. The van der Waals surface area contributed by atoms with Gasteiger partial charge in [0.1, 0.15) is 11.7 Å². The van der Waals surface area contributed by atoms with Crippen molar-refractivity contribution < 1.29 is 19.1 Å². The number of nitrogens with one attached hydrogen (secondary N) is 2. The van der Waals surface area contributed by atoms with E-state index in [0.717, 1.165) is 0 Å². The van der Waals surface area contributed by atoms with Crippen LogP contribution in [0, 0.1) is 19.8 Å². The fourth-order valence-corrected chi connectivity index (χ4v) is 2.56. The highest BCUT2D eigenvalue weighted by Crippen LogP contribution is 2.19. The van der Waals surface area contributed by atoms with Crippen molar-refractivity contribution in [2.75, 3.05) is 7.11 Å². The van der Waals surface area contributed by atoms with Gasteiger partial charge in [-0.05, 0) is 38.7 Å². The fourth-order valence-electron chi connectivity index (χ4n) is 2.56. The molecule has 1 rings (SSSR count). The lowest BCUT2D eigenvalue weighted by atomic mass is 10.0. The van der Waals surface area contributed by atoms with Gasteiger partial charge in [-0.2, -0.15) is 0 Å². The molecule has 0 unspecified atom stereocenters. The zero-order valence-electron chi connectivity index (χ0n) is 14.0. The first-order valence-corrected chi connectivity index (χ1v) is 7.27. The Morgan fingerprint density at radius 3 is 2.23 bits per heavy atom. The Bertz CT molecular complexity index is 587. The van der Waals surface area contributed by atoms with Crippen LogP contribution < -0.4 is 5.32 Å². The number of carbonyl (C=O) groups excluding carboxylic acids is 3. The molecule has 0 radical (unpaired) electrons. The van der Waals surface area contributed by atoms with E-state index in [0.29, 0.717) is 28.9 Å². The van der Waals surface area contributed by atoms with E-state index in [-0.39, 0.29) is 11.7 Å². The molecule has 1 aromatic heterocycles. The Hall–Kier alpha value is -2.11. The van der Waals surface area contributed by atoms with E-state index in [4.69, 9.17) is 4.74 Å². The molecule has 122 valence electrons. The second kappa shape index (κ2) is 7.24. The summed E-state index contributed by atoms with van der Waals surface area (Å²) in [5.74, 6) is -0.764. The van der Waals surface area contributed by atoms with Gasteiger partial charge >= 0.3 is 5.97 Å². The van der Waals surface area contributed by atoms with Crippen molar-refractivity contribution in [3.8, 4) is 0 Å². The van der Waals surface area contributed by atoms with E-state index in [9.17, 15) is 14.4 Å². The van der Waals surface area contributed by atoms with E-state index >= 15 is 0 Å². The number of esters is 1. The van der Waals surface area contributed by atoms with E-state index in [2.05, 4.69) is 10.3 Å². The van der Waals surface area contributed by atoms with Crippen molar-refractivity contribution in [2.24, 2.45) is 5.92 Å². The van der Waals surface area contributed by atoms with E-state index < -0.39 is 17.9 Å². The average Bonchev–Trinajstić information content (AvgIpc) is 2.71. The molecule has 0 aromatic carbocycles. The number of carbonyl (C=O) groups is 3. The van der Waals surface area contributed by atoms with Crippen LogP contribution in [0.5, 0.6) is 0 Å². The molecule has 0 spiro atoms. The number of aryl methyl sites for hydroxylation is 1. The smallest absolute Gasteiger partial charge is 0.328 e. The van der Waals surface area contributed by atoms with Crippen LogP contribution in [0.1, 0.15) is 59.3 Å². The molecule has 6 nitrogen and oxygen atoms in total. The molecule has 22 heavy (non-hydrogen) atoms. The zero-order chi connectivity index (χ0) is 17.0. The molecular weight excluding hydrogens is 284 g/mol. The highest BCUT2D eigenvalue weighted by molar-refractivity contribution is 6.03. The Labute approximate surface area is 130 Å². The summed E-state index contributed by atoms with van der Waals surface area (Å²) in [6.45, 7) is 8.83. The summed E-state index contributed by atoms with van der Waals surface area (Å²) in [4.78, 5) is 38.7. The number of hydrogen-bond donors (Lipinski definition) is 2. The van der Waals surface area contributed by atoms with E-state index in [1.807, 2.05) is 13.8 Å². The number of Topliss-reactive ketones (excluding diaryl/α,β-unsaturated/α-hetero) is 1. The molecule has 0 bridgehead atoms. The quantitative estimate of drug-likeness (QED) is 0.622. The molecule has 0 aliphatic carbocycles. The molecule has 1 atom stereocenters. The van der Waals surface area contributed by atoms with Gasteiger partial charge in [0.25, 0.3) is 5.91 Å². The molecule has 0 aliphatic rings. The lowest BCUT2D eigenvalue weighted by Crippen LogP contribution is -2.42. The van der Waals surface area contributed by atoms with Crippen LogP contribution in [0.15, 0.2) is 0 Å². The van der Waals surface area contributed by atoms with Crippen LogP contribution in [0.3, 0.4) is 0 Å². The Kier molecular flexibility index (Phi) is 5.91. The third-order valence-corrected chi connectivity index (χ3v) is 3.51. The van der Waals surface area contributed by atoms with Gasteiger partial charge in [0.05, 0.1) is 7.11 Å². The van der Waals surface area contributed by atoms with Gasteiger partial charge in [0.2, 0.25) is 0 Å². The number of ether oxygens (including phenoxy) is 1. The minimum atomic E-state index is -0.707.